The van der Waals surface area contributed by atoms with Crippen LogP contribution in [0.2, 0.25) is 0 Å². The summed E-state index contributed by atoms with van der Waals surface area (Å²) in [7, 11) is 0. The molecule has 0 heterocycles. The second-order valence-electron chi connectivity index (χ2n) is 7.44. The quantitative estimate of drug-likeness (QED) is 0.355. The molecule has 1 rings (SSSR count). The molecule has 0 aliphatic carbocycles. The zero-order valence-electron chi connectivity index (χ0n) is 16.9. The van der Waals surface area contributed by atoms with Crippen LogP contribution in [0.25, 0.3) is 0 Å². The van der Waals surface area contributed by atoms with E-state index in [1.165, 1.54) is 6.92 Å². The minimum Gasteiger partial charge on any atom is -0.465 e. The number of ether oxygens (including phenoxy) is 2. The van der Waals surface area contributed by atoms with Crippen molar-refractivity contribution in [3.05, 3.63) is 47.5 Å². The highest BCUT2D eigenvalue weighted by Crippen LogP contribution is 2.26. The van der Waals surface area contributed by atoms with Crippen molar-refractivity contribution in [2.24, 2.45) is 0 Å². The fourth-order valence-corrected chi connectivity index (χ4v) is 2.39. The highest BCUT2D eigenvalue weighted by atomic mass is 16.6. The molecule has 8 nitrogen and oxygen atoms in total. The molecule has 0 saturated carbocycles. The van der Waals surface area contributed by atoms with E-state index < -0.39 is 29.2 Å². The Morgan fingerprint density at radius 1 is 1.00 bits per heavy atom. The molecular weight excluding hydrogens is 364 g/mol. The van der Waals surface area contributed by atoms with Gasteiger partial charge in [0, 0.05) is 5.57 Å². The van der Waals surface area contributed by atoms with Gasteiger partial charge in [-0.15, -0.1) is 0 Å². The van der Waals surface area contributed by atoms with Crippen LogP contribution >= 0.6 is 0 Å². The Balaban J connectivity index is 2.72. The van der Waals surface area contributed by atoms with E-state index in [0.29, 0.717) is 0 Å². The molecule has 154 valence electrons. The van der Waals surface area contributed by atoms with Gasteiger partial charge in [0.1, 0.15) is 13.2 Å². The summed E-state index contributed by atoms with van der Waals surface area (Å²) < 4.78 is 9.89. The lowest BCUT2D eigenvalue weighted by molar-refractivity contribution is -0.139. The number of carboxylic acid groups (broad SMARTS) is 1. The third-order valence-electron chi connectivity index (χ3n) is 4.04. The summed E-state index contributed by atoms with van der Waals surface area (Å²) in [5.74, 6) is -0.543. The first kappa shape index (κ1) is 23.0. The first-order chi connectivity index (χ1) is 12.8. The highest BCUT2D eigenvalue weighted by Gasteiger charge is 2.27. The maximum absolute atomic E-state index is 12.1. The number of amides is 2. The van der Waals surface area contributed by atoms with E-state index in [1.807, 2.05) is 18.2 Å². The molecule has 0 radical (unpaired) electrons. The molecule has 0 atom stereocenters. The van der Waals surface area contributed by atoms with Gasteiger partial charge in [0.15, 0.2) is 0 Å². The lowest BCUT2D eigenvalue weighted by atomic mass is 9.87. The van der Waals surface area contributed by atoms with E-state index in [2.05, 4.69) is 17.2 Å². The van der Waals surface area contributed by atoms with Gasteiger partial charge < -0.3 is 25.2 Å². The van der Waals surface area contributed by atoms with Gasteiger partial charge in [-0.05, 0) is 45.7 Å². The van der Waals surface area contributed by atoms with E-state index in [4.69, 9.17) is 14.6 Å². The van der Waals surface area contributed by atoms with Crippen molar-refractivity contribution in [3.8, 4) is 0 Å². The van der Waals surface area contributed by atoms with Crippen molar-refractivity contribution in [3.63, 3.8) is 0 Å². The molecule has 0 unspecified atom stereocenters. The lowest BCUT2D eigenvalue weighted by Gasteiger charge is -2.30. The Kier molecular flexibility index (Phi) is 7.60. The minimum absolute atomic E-state index is 0.0654. The molecule has 1 aromatic carbocycles. The van der Waals surface area contributed by atoms with E-state index in [9.17, 15) is 14.4 Å². The monoisotopic (exact) mass is 392 g/mol. The molecule has 8 heteroatoms. The van der Waals surface area contributed by atoms with Crippen molar-refractivity contribution in [1.29, 1.82) is 0 Å². The van der Waals surface area contributed by atoms with Crippen LogP contribution in [0.15, 0.2) is 36.4 Å². The number of rotatable bonds is 8. The normalized spacial score (nSPS) is 11.3. The summed E-state index contributed by atoms with van der Waals surface area (Å²) in [6, 6.07) is 7.26. The SMILES string of the molecule is C=C(C)C(=O)OCCOC(=O)NC(C)(C)c1cccc(C(C)(C)NC(=O)O)c1. The lowest BCUT2D eigenvalue weighted by Crippen LogP contribution is -2.43. The largest absolute Gasteiger partial charge is 0.465 e. The number of hydrogen-bond donors (Lipinski definition) is 3. The van der Waals surface area contributed by atoms with Crippen molar-refractivity contribution in [1.82, 2.24) is 10.6 Å². The fourth-order valence-electron chi connectivity index (χ4n) is 2.39. The van der Waals surface area contributed by atoms with Gasteiger partial charge in [0.05, 0.1) is 11.1 Å². The smallest absolute Gasteiger partial charge is 0.407 e. The van der Waals surface area contributed by atoms with Crippen molar-refractivity contribution >= 4 is 18.2 Å². The van der Waals surface area contributed by atoms with Crippen LogP contribution < -0.4 is 10.6 Å². The topological polar surface area (TPSA) is 114 Å². The summed E-state index contributed by atoms with van der Waals surface area (Å²) in [4.78, 5) is 34.3. The molecule has 0 bridgehead atoms. The zero-order valence-corrected chi connectivity index (χ0v) is 16.9. The number of benzene rings is 1. The second kappa shape index (κ2) is 9.25. The number of hydrogen-bond acceptors (Lipinski definition) is 5. The van der Waals surface area contributed by atoms with Crippen LogP contribution in [-0.2, 0) is 25.3 Å². The molecule has 1 aromatic rings. The Bertz CT molecular complexity index is 755. The zero-order chi connectivity index (χ0) is 21.5. The number of carbonyl (C=O) groups is 3. The average Bonchev–Trinajstić information content (AvgIpc) is 2.57. The molecule has 3 N–H and O–H groups in total. The van der Waals surface area contributed by atoms with E-state index >= 15 is 0 Å². The van der Waals surface area contributed by atoms with Gasteiger partial charge in [-0.25, -0.2) is 14.4 Å². The van der Waals surface area contributed by atoms with Crippen LogP contribution in [-0.4, -0.2) is 36.5 Å². The predicted octanol–water partition coefficient (Wildman–Crippen LogP) is 3.27. The van der Waals surface area contributed by atoms with Crippen molar-refractivity contribution in [2.45, 2.75) is 45.7 Å². The van der Waals surface area contributed by atoms with Gasteiger partial charge >= 0.3 is 18.2 Å². The molecule has 0 aliphatic heterocycles. The van der Waals surface area contributed by atoms with E-state index in [1.54, 1.807) is 33.8 Å². The molecule has 2 amide bonds. The fraction of sp³-hybridized carbons (Fsp3) is 0.450. The van der Waals surface area contributed by atoms with Crippen LogP contribution in [0, 0.1) is 0 Å². The first-order valence-corrected chi connectivity index (χ1v) is 8.75. The van der Waals surface area contributed by atoms with Crippen molar-refractivity contribution in [2.75, 3.05) is 13.2 Å². The summed E-state index contributed by atoms with van der Waals surface area (Å²) in [5, 5.41) is 14.2. The maximum Gasteiger partial charge on any atom is 0.407 e. The molecule has 0 fully saturated rings. The summed E-state index contributed by atoms with van der Waals surface area (Å²) in [5.41, 5.74) is 0.218. The summed E-state index contributed by atoms with van der Waals surface area (Å²) in [6.07, 6.45) is -1.78. The first-order valence-electron chi connectivity index (χ1n) is 8.75. The molecule has 28 heavy (non-hydrogen) atoms. The second-order valence-corrected chi connectivity index (χ2v) is 7.44. The minimum atomic E-state index is -1.12. The number of alkyl carbamates (subject to hydrolysis) is 1. The summed E-state index contributed by atoms with van der Waals surface area (Å²) >= 11 is 0. The van der Waals surface area contributed by atoms with Crippen LogP contribution in [0.3, 0.4) is 0 Å². The number of esters is 1. The Labute approximate surface area is 164 Å². The van der Waals surface area contributed by atoms with E-state index in [-0.39, 0.29) is 18.8 Å². The van der Waals surface area contributed by atoms with Crippen LogP contribution in [0.1, 0.15) is 45.7 Å². The Hall–Kier alpha value is -3.03. The van der Waals surface area contributed by atoms with Crippen LogP contribution in [0.5, 0.6) is 0 Å². The summed E-state index contributed by atoms with van der Waals surface area (Å²) in [6.45, 7) is 11.9. The molecular formula is C20H28N2O6. The third kappa shape index (κ3) is 6.94. The maximum atomic E-state index is 12.1. The molecule has 0 spiro atoms. The Morgan fingerprint density at radius 3 is 2.00 bits per heavy atom. The third-order valence-corrected chi connectivity index (χ3v) is 4.04. The number of carbonyl (C=O) groups excluding carboxylic acids is 2. The molecule has 0 aliphatic rings. The molecule has 0 aromatic heterocycles. The van der Waals surface area contributed by atoms with Crippen molar-refractivity contribution < 1.29 is 29.0 Å². The highest BCUT2D eigenvalue weighted by molar-refractivity contribution is 5.86. The van der Waals surface area contributed by atoms with E-state index in [0.717, 1.165) is 11.1 Å². The van der Waals surface area contributed by atoms with Gasteiger partial charge in [-0.3, -0.25) is 0 Å². The molecule has 0 saturated heterocycles. The van der Waals surface area contributed by atoms with Gasteiger partial charge in [0.25, 0.3) is 0 Å². The van der Waals surface area contributed by atoms with Gasteiger partial charge in [-0.2, -0.15) is 0 Å². The van der Waals surface area contributed by atoms with Gasteiger partial charge in [-0.1, -0.05) is 30.8 Å². The standard InChI is InChI=1S/C20H28N2O6/c1-13(2)16(23)27-10-11-28-18(26)22-20(5,6)15-9-7-8-14(12-15)19(3,4)21-17(24)25/h7-9,12,21H,1,10-11H2,2-6H3,(H,22,26)(H,24,25). The van der Waals surface area contributed by atoms with Gasteiger partial charge in [0.2, 0.25) is 0 Å². The number of nitrogens with one attached hydrogen (secondary N) is 2. The van der Waals surface area contributed by atoms with Crippen LogP contribution in [0.4, 0.5) is 9.59 Å². The predicted molar refractivity (Wildman–Crippen MR) is 104 cm³/mol. The average molecular weight is 392 g/mol. The Morgan fingerprint density at radius 2 is 1.50 bits per heavy atom.